The lowest BCUT2D eigenvalue weighted by Gasteiger charge is -2.08. The maximum absolute atomic E-state index is 12.9. The van der Waals surface area contributed by atoms with Crippen LogP contribution < -0.4 is 14.2 Å². The first kappa shape index (κ1) is 24.6. The van der Waals surface area contributed by atoms with Crippen LogP contribution in [0.2, 0.25) is 10.0 Å². The molecule has 34 heavy (non-hydrogen) atoms. The predicted molar refractivity (Wildman–Crippen MR) is 139 cm³/mol. The monoisotopic (exact) mass is 533 g/mol. The van der Waals surface area contributed by atoms with Crippen LogP contribution in [0.4, 0.5) is 0 Å². The average molecular weight is 534 g/mol. The zero-order valence-electron chi connectivity index (χ0n) is 18.3. The van der Waals surface area contributed by atoms with E-state index < -0.39 is 10.0 Å². The molecule has 1 N–H and O–H groups in total. The van der Waals surface area contributed by atoms with E-state index in [-0.39, 0.29) is 11.4 Å². The van der Waals surface area contributed by atoms with Crippen molar-refractivity contribution in [2.75, 3.05) is 14.2 Å². The lowest BCUT2D eigenvalue weighted by atomic mass is 10.0. The summed E-state index contributed by atoms with van der Waals surface area (Å²) in [5.41, 5.74) is 2.68. The number of thiophene rings is 1. The zero-order chi connectivity index (χ0) is 24.3. The molecule has 0 atom stereocenters. The SMILES string of the molecule is COc1ccc(-c2sc(CNS(=O)(=O)c3cccc(OC)c3)cc2-c2ccc(Cl)cc2Cl)cc1. The molecule has 0 bridgehead atoms. The first-order valence-electron chi connectivity index (χ1n) is 10.2. The van der Waals surface area contributed by atoms with Gasteiger partial charge in [-0.1, -0.05) is 35.3 Å². The van der Waals surface area contributed by atoms with Gasteiger partial charge in [0.15, 0.2) is 0 Å². The van der Waals surface area contributed by atoms with Gasteiger partial charge >= 0.3 is 0 Å². The number of halogens is 2. The van der Waals surface area contributed by atoms with Gasteiger partial charge in [0.25, 0.3) is 0 Å². The average Bonchev–Trinajstić information content (AvgIpc) is 3.27. The minimum Gasteiger partial charge on any atom is -0.497 e. The van der Waals surface area contributed by atoms with Gasteiger partial charge in [-0.3, -0.25) is 0 Å². The Kier molecular flexibility index (Phi) is 7.50. The summed E-state index contributed by atoms with van der Waals surface area (Å²) in [6.45, 7) is 0.124. The molecule has 0 unspecified atom stereocenters. The van der Waals surface area contributed by atoms with Gasteiger partial charge in [-0.15, -0.1) is 11.3 Å². The van der Waals surface area contributed by atoms with Crippen LogP contribution >= 0.6 is 34.5 Å². The van der Waals surface area contributed by atoms with E-state index in [0.29, 0.717) is 15.8 Å². The van der Waals surface area contributed by atoms with Gasteiger partial charge in [0.2, 0.25) is 10.0 Å². The molecule has 0 saturated carbocycles. The fourth-order valence-electron chi connectivity index (χ4n) is 3.41. The molecule has 0 fully saturated rings. The summed E-state index contributed by atoms with van der Waals surface area (Å²) in [7, 11) is -0.618. The van der Waals surface area contributed by atoms with E-state index in [9.17, 15) is 8.42 Å². The Morgan fingerprint density at radius 2 is 1.59 bits per heavy atom. The lowest BCUT2D eigenvalue weighted by molar-refractivity contribution is 0.413. The standard InChI is InChI=1S/C25H21Cl2NO4S2/c1-31-18-9-6-16(7-10-18)25-23(22-11-8-17(26)12-24(22)27)14-20(33-25)15-28-34(29,30)21-5-3-4-19(13-21)32-2/h3-14,28H,15H2,1-2H3. The molecule has 1 heterocycles. The van der Waals surface area contributed by atoms with Crippen LogP contribution in [0.3, 0.4) is 0 Å². The summed E-state index contributed by atoms with van der Waals surface area (Å²) in [6.07, 6.45) is 0. The third kappa shape index (κ3) is 5.40. The van der Waals surface area contributed by atoms with E-state index >= 15 is 0 Å². The van der Waals surface area contributed by atoms with Crippen molar-refractivity contribution in [3.05, 3.63) is 87.7 Å². The van der Waals surface area contributed by atoms with Gasteiger partial charge in [0.05, 0.1) is 19.1 Å². The van der Waals surface area contributed by atoms with Crippen molar-refractivity contribution < 1.29 is 17.9 Å². The number of ether oxygens (including phenoxy) is 2. The van der Waals surface area contributed by atoms with Gasteiger partial charge in [0.1, 0.15) is 11.5 Å². The van der Waals surface area contributed by atoms with Crippen LogP contribution in [0.5, 0.6) is 11.5 Å². The molecule has 9 heteroatoms. The molecule has 0 aliphatic heterocycles. The predicted octanol–water partition coefficient (Wildman–Crippen LogP) is 6.88. The van der Waals surface area contributed by atoms with Crippen molar-refractivity contribution in [3.8, 4) is 33.1 Å². The maximum atomic E-state index is 12.9. The van der Waals surface area contributed by atoms with Crippen LogP contribution in [0, 0.1) is 0 Å². The summed E-state index contributed by atoms with van der Waals surface area (Å²) in [6, 6.07) is 21.3. The van der Waals surface area contributed by atoms with Crippen LogP contribution in [0.15, 0.2) is 77.7 Å². The summed E-state index contributed by atoms with van der Waals surface area (Å²) in [5.74, 6) is 1.22. The van der Waals surface area contributed by atoms with E-state index in [4.69, 9.17) is 32.7 Å². The number of nitrogens with one attached hydrogen (secondary N) is 1. The third-order valence-electron chi connectivity index (χ3n) is 5.14. The molecule has 5 nitrogen and oxygen atoms in total. The Bertz CT molecular complexity index is 1420. The molecular formula is C25H21Cl2NO4S2. The molecule has 3 aromatic carbocycles. The highest BCUT2D eigenvalue weighted by atomic mass is 35.5. The minimum atomic E-state index is -3.73. The minimum absolute atomic E-state index is 0.124. The van der Waals surface area contributed by atoms with Gasteiger partial charge in [-0.25, -0.2) is 13.1 Å². The second-order valence-electron chi connectivity index (χ2n) is 7.31. The molecular weight excluding hydrogens is 513 g/mol. The summed E-state index contributed by atoms with van der Waals surface area (Å²) in [5, 5.41) is 1.06. The van der Waals surface area contributed by atoms with Crippen molar-refractivity contribution in [1.29, 1.82) is 0 Å². The Labute approximate surface area is 212 Å². The molecule has 0 amide bonds. The molecule has 4 aromatic rings. The van der Waals surface area contributed by atoms with Crippen LogP contribution in [-0.2, 0) is 16.6 Å². The number of rotatable bonds is 8. The van der Waals surface area contributed by atoms with Crippen molar-refractivity contribution in [2.24, 2.45) is 0 Å². The van der Waals surface area contributed by atoms with E-state index in [1.54, 1.807) is 31.4 Å². The molecule has 176 valence electrons. The van der Waals surface area contributed by atoms with Crippen molar-refractivity contribution in [1.82, 2.24) is 4.72 Å². The first-order chi connectivity index (χ1) is 16.3. The molecule has 0 radical (unpaired) electrons. The fourth-order valence-corrected chi connectivity index (χ4v) is 6.17. The van der Waals surface area contributed by atoms with Crippen LogP contribution in [0.1, 0.15) is 4.88 Å². The number of sulfonamides is 1. The number of hydrogen-bond acceptors (Lipinski definition) is 5. The van der Waals surface area contributed by atoms with E-state index in [0.717, 1.165) is 32.2 Å². The lowest BCUT2D eigenvalue weighted by Crippen LogP contribution is -2.22. The highest BCUT2D eigenvalue weighted by Gasteiger charge is 2.19. The molecule has 0 spiro atoms. The fraction of sp³-hybridized carbons (Fsp3) is 0.120. The molecule has 1 aromatic heterocycles. The van der Waals surface area contributed by atoms with Crippen molar-refractivity contribution in [2.45, 2.75) is 11.4 Å². The highest BCUT2D eigenvalue weighted by molar-refractivity contribution is 7.89. The zero-order valence-corrected chi connectivity index (χ0v) is 21.5. The molecule has 0 aliphatic rings. The smallest absolute Gasteiger partial charge is 0.241 e. The number of methoxy groups -OCH3 is 2. The summed E-state index contributed by atoms with van der Waals surface area (Å²) < 4.78 is 38.8. The topological polar surface area (TPSA) is 64.6 Å². The van der Waals surface area contributed by atoms with E-state index in [2.05, 4.69) is 4.72 Å². The molecule has 0 aliphatic carbocycles. The summed E-state index contributed by atoms with van der Waals surface area (Å²) >= 11 is 14.1. The Morgan fingerprint density at radius 3 is 2.26 bits per heavy atom. The normalized spacial score (nSPS) is 11.4. The third-order valence-corrected chi connectivity index (χ3v) is 8.28. The van der Waals surface area contributed by atoms with Gasteiger partial charge in [-0.05, 0) is 60.2 Å². The Morgan fingerprint density at radius 1 is 0.853 bits per heavy atom. The highest BCUT2D eigenvalue weighted by Crippen LogP contribution is 2.43. The van der Waals surface area contributed by atoms with Crippen molar-refractivity contribution in [3.63, 3.8) is 0 Å². The second-order valence-corrected chi connectivity index (χ2v) is 11.1. The molecule has 0 saturated heterocycles. The van der Waals surface area contributed by atoms with Gasteiger partial charge in [-0.2, -0.15) is 0 Å². The van der Waals surface area contributed by atoms with Gasteiger partial charge < -0.3 is 9.47 Å². The van der Waals surface area contributed by atoms with E-state index in [1.165, 1.54) is 30.6 Å². The quantitative estimate of drug-likeness (QED) is 0.268. The first-order valence-corrected chi connectivity index (χ1v) is 13.2. The number of hydrogen-bond donors (Lipinski definition) is 1. The van der Waals surface area contributed by atoms with Gasteiger partial charge in [0, 0.05) is 43.5 Å². The number of benzene rings is 3. The van der Waals surface area contributed by atoms with Crippen LogP contribution in [0.25, 0.3) is 21.6 Å². The Balaban J connectivity index is 1.70. The van der Waals surface area contributed by atoms with Crippen LogP contribution in [-0.4, -0.2) is 22.6 Å². The maximum Gasteiger partial charge on any atom is 0.241 e. The summed E-state index contributed by atoms with van der Waals surface area (Å²) in [4.78, 5) is 1.93. The van der Waals surface area contributed by atoms with Crippen molar-refractivity contribution >= 4 is 44.6 Å². The largest absolute Gasteiger partial charge is 0.497 e. The molecule has 4 rings (SSSR count). The Hall–Kier alpha value is -2.55. The van der Waals surface area contributed by atoms with E-state index in [1.807, 2.05) is 36.4 Å². The second kappa shape index (κ2) is 10.4.